The minimum atomic E-state index is -0.216. The Balaban J connectivity index is 2.14. The highest BCUT2D eigenvalue weighted by molar-refractivity contribution is 7.12. The van der Waals surface area contributed by atoms with Gasteiger partial charge >= 0.3 is 0 Å². The quantitative estimate of drug-likeness (QED) is 0.852. The van der Waals surface area contributed by atoms with E-state index in [1.807, 2.05) is 24.4 Å². The van der Waals surface area contributed by atoms with Crippen LogP contribution in [0.2, 0.25) is 0 Å². The van der Waals surface area contributed by atoms with E-state index in [1.54, 1.807) is 12.1 Å². The third kappa shape index (κ3) is 3.67. The average molecular weight is 286 g/mol. The van der Waals surface area contributed by atoms with Crippen molar-refractivity contribution in [2.75, 3.05) is 11.9 Å². The standard InChI is InChI=1S/C15H14N2O2S/c1-11-5-4-7-13(16-11)17-15(19)14-12(8-10-20-14)6-2-3-9-18/h4-5,7-8,10,18H,3,9H2,1H3,(H,16,17,19). The van der Waals surface area contributed by atoms with Crippen LogP contribution in [-0.4, -0.2) is 22.6 Å². The van der Waals surface area contributed by atoms with E-state index in [-0.39, 0.29) is 12.5 Å². The smallest absolute Gasteiger partial charge is 0.268 e. The van der Waals surface area contributed by atoms with E-state index < -0.39 is 0 Å². The minimum Gasteiger partial charge on any atom is -0.395 e. The lowest BCUT2D eigenvalue weighted by Crippen LogP contribution is -2.12. The van der Waals surface area contributed by atoms with Crippen molar-refractivity contribution in [3.05, 3.63) is 45.8 Å². The Hall–Kier alpha value is -2.16. The maximum atomic E-state index is 12.2. The van der Waals surface area contributed by atoms with E-state index in [2.05, 4.69) is 22.1 Å². The molecule has 4 nitrogen and oxygen atoms in total. The molecule has 5 heteroatoms. The fourth-order valence-corrected chi connectivity index (χ4v) is 2.33. The van der Waals surface area contributed by atoms with Crippen LogP contribution in [0.3, 0.4) is 0 Å². The molecule has 0 spiro atoms. The average Bonchev–Trinajstić information content (AvgIpc) is 2.87. The largest absolute Gasteiger partial charge is 0.395 e. The Morgan fingerprint density at radius 2 is 2.30 bits per heavy atom. The molecule has 0 aromatic carbocycles. The predicted molar refractivity (Wildman–Crippen MR) is 79.8 cm³/mol. The highest BCUT2D eigenvalue weighted by Crippen LogP contribution is 2.17. The number of carbonyl (C=O) groups is 1. The lowest BCUT2D eigenvalue weighted by atomic mass is 10.2. The van der Waals surface area contributed by atoms with Gasteiger partial charge in [0.1, 0.15) is 10.7 Å². The van der Waals surface area contributed by atoms with Crippen molar-refractivity contribution in [3.8, 4) is 11.8 Å². The van der Waals surface area contributed by atoms with Gasteiger partial charge in [-0.05, 0) is 30.5 Å². The first-order chi connectivity index (χ1) is 9.70. The zero-order chi connectivity index (χ0) is 14.4. The van der Waals surface area contributed by atoms with Crippen molar-refractivity contribution in [2.24, 2.45) is 0 Å². The summed E-state index contributed by atoms with van der Waals surface area (Å²) in [5.74, 6) is 6.02. The first-order valence-electron chi connectivity index (χ1n) is 6.13. The topological polar surface area (TPSA) is 62.2 Å². The third-order valence-electron chi connectivity index (χ3n) is 2.46. The molecule has 0 aliphatic heterocycles. The SMILES string of the molecule is Cc1cccc(NC(=O)c2sccc2C#CCCO)n1. The van der Waals surface area contributed by atoms with Gasteiger partial charge in [0.15, 0.2) is 0 Å². The summed E-state index contributed by atoms with van der Waals surface area (Å²) in [5.41, 5.74) is 1.52. The van der Waals surface area contributed by atoms with Crippen molar-refractivity contribution in [3.63, 3.8) is 0 Å². The molecule has 0 radical (unpaired) electrons. The van der Waals surface area contributed by atoms with Crippen LogP contribution in [0, 0.1) is 18.8 Å². The number of nitrogens with one attached hydrogen (secondary N) is 1. The third-order valence-corrected chi connectivity index (χ3v) is 3.37. The van der Waals surface area contributed by atoms with Gasteiger partial charge in [0.25, 0.3) is 5.91 Å². The van der Waals surface area contributed by atoms with Crippen molar-refractivity contribution < 1.29 is 9.90 Å². The molecule has 2 rings (SSSR count). The zero-order valence-corrected chi connectivity index (χ0v) is 11.8. The van der Waals surface area contributed by atoms with Crippen LogP contribution in [0.1, 0.15) is 27.3 Å². The molecule has 2 N–H and O–H groups in total. The highest BCUT2D eigenvalue weighted by atomic mass is 32.1. The van der Waals surface area contributed by atoms with Gasteiger partial charge < -0.3 is 10.4 Å². The number of aromatic nitrogens is 1. The van der Waals surface area contributed by atoms with E-state index in [0.29, 0.717) is 22.7 Å². The molecule has 0 bridgehead atoms. The molecule has 2 aromatic heterocycles. The molecule has 20 heavy (non-hydrogen) atoms. The molecule has 0 aliphatic rings. The number of thiophene rings is 1. The number of amides is 1. The van der Waals surface area contributed by atoms with E-state index in [4.69, 9.17) is 5.11 Å². The Morgan fingerprint density at radius 3 is 3.05 bits per heavy atom. The summed E-state index contributed by atoms with van der Waals surface area (Å²) < 4.78 is 0. The maximum absolute atomic E-state index is 12.2. The molecule has 0 saturated heterocycles. The normalized spacial score (nSPS) is 9.70. The number of hydrogen-bond donors (Lipinski definition) is 2. The Bertz CT molecular complexity index is 668. The van der Waals surface area contributed by atoms with Crippen LogP contribution in [0.4, 0.5) is 5.82 Å². The molecular weight excluding hydrogens is 272 g/mol. The fourth-order valence-electron chi connectivity index (χ4n) is 1.58. The van der Waals surface area contributed by atoms with Gasteiger partial charge in [-0.2, -0.15) is 0 Å². The van der Waals surface area contributed by atoms with Crippen LogP contribution >= 0.6 is 11.3 Å². The molecule has 1 amide bonds. The first-order valence-corrected chi connectivity index (χ1v) is 7.01. The number of aliphatic hydroxyl groups excluding tert-OH is 1. The lowest BCUT2D eigenvalue weighted by Gasteiger charge is -2.03. The van der Waals surface area contributed by atoms with Crippen molar-refractivity contribution in [1.82, 2.24) is 4.98 Å². The summed E-state index contributed by atoms with van der Waals surface area (Å²) in [6.45, 7) is 1.89. The lowest BCUT2D eigenvalue weighted by molar-refractivity contribution is 0.103. The molecule has 0 unspecified atom stereocenters. The Morgan fingerprint density at radius 1 is 1.45 bits per heavy atom. The molecule has 0 fully saturated rings. The number of aliphatic hydroxyl groups is 1. The van der Waals surface area contributed by atoms with Gasteiger partial charge in [-0.1, -0.05) is 17.9 Å². The summed E-state index contributed by atoms with van der Waals surface area (Å²) in [7, 11) is 0. The van der Waals surface area contributed by atoms with Gasteiger partial charge in [-0.15, -0.1) is 11.3 Å². The summed E-state index contributed by atoms with van der Waals surface area (Å²) in [6, 6.07) is 7.25. The maximum Gasteiger partial charge on any atom is 0.268 e. The Kier molecular flexibility index (Phi) is 4.88. The molecule has 0 saturated carbocycles. The van der Waals surface area contributed by atoms with Crippen molar-refractivity contribution >= 4 is 23.1 Å². The number of hydrogen-bond acceptors (Lipinski definition) is 4. The van der Waals surface area contributed by atoms with Crippen LogP contribution in [0.5, 0.6) is 0 Å². The predicted octanol–water partition coefficient (Wildman–Crippen LogP) is 2.44. The van der Waals surface area contributed by atoms with Crippen LogP contribution in [0.25, 0.3) is 0 Å². The van der Waals surface area contributed by atoms with Crippen molar-refractivity contribution in [2.45, 2.75) is 13.3 Å². The zero-order valence-electron chi connectivity index (χ0n) is 11.0. The molecular formula is C15H14N2O2S. The monoisotopic (exact) mass is 286 g/mol. The van der Waals surface area contributed by atoms with Crippen molar-refractivity contribution in [1.29, 1.82) is 0 Å². The number of carbonyl (C=O) groups excluding carboxylic acids is 1. The van der Waals surface area contributed by atoms with E-state index in [9.17, 15) is 4.79 Å². The minimum absolute atomic E-state index is 0.0197. The number of nitrogens with zero attached hydrogens (tertiary/aromatic N) is 1. The summed E-state index contributed by atoms with van der Waals surface area (Å²) >= 11 is 1.33. The molecule has 0 atom stereocenters. The van der Waals surface area contributed by atoms with Gasteiger partial charge in [-0.3, -0.25) is 4.79 Å². The number of anilines is 1. The highest BCUT2D eigenvalue weighted by Gasteiger charge is 2.12. The fraction of sp³-hybridized carbons (Fsp3) is 0.200. The second-order valence-electron chi connectivity index (χ2n) is 4.06. The van der Waals surface area contributed by atoms with E-state index >= 15 is 0 Å². The van der Waals surface area contributed by atoms with Gasteiger partial charge in [0.2, 0.25) is 0 Å². The molecule has 0 aliphatic carbocycles. The van der Waals surface area contributed by atoms with Gasteiger partial charge in [0, 0.05) is 17.7 Å². The second-order valence-corrected chi connectivity index (χ2v) is 4.97. The summed E-state index contributed by atoms with van der Waals surface area (Å²) in [5, 5.41) is 13.3. The molecule has 102 valence electrons. The molecule has 2 heterocycles. The second kappa shape index (κ2) is 6.85. The van der Waals surface area contributed by atoms with Crippen LogP contribution in [-0.2, 0) is 0 Å². The summed E-state index contributed by atoms with van der Waals surface area (Å²) in [6.07, 6.45) is 0.399. The molecule has 2 aromatic rings. The van der Waals surface area contributed by atoms with E-state index in [0.717, 1.165) is 5.69 Å². The number of aryl methyl sites for hydroxylation is 1. The van der Waals surface area contributed by atoms with Gasteiger partial charge in [0.05, 0.1) is 6.61 Å². The summed E-state index contributed by atoms with van der Waals surface area (Å²) in [4.78, 5) is 17.0. The first kappa shape index (κ1) is 14.3. The van der Waals surface area contributed by atoms with E-state index in [1.165, 1.54) is 11.3 Å². The van der Waals surface area contributed by atoms with Crippen LogP contribution in [0.15, 0.2) is 29.6 Å². The van der Waals surface area contributed by atoms with Gasteiger partial charge in [-0.25, -0.2) is 4.98 Å². The van der Waals surface area contributed by atoms with Crippen LogP contribution < -0.4 is 5.32 Å². The Labute approximate surface area is 121 Å². The number of rotatable bonds is 3. The number of pyridine rings is 1.